The van der Waals surface area contributed by atoms with Gasteiger partial charge < -0.3 is 10.5 Å². The van der Waals surface area contributed by atoms with Gasteiger partial charge in [-0.2, -0.15) is 0 Å². The summed E-state index contributed by atoms with van der Waals surface area (Å²) in [5, 5.41) is 2.27. The molecule has 2 aromatic rings. The Bertz CT molecular complexity index is 465. The highest BCUT2D eigenvalue weighted by molar-refractivity contribution is 5.85. The molecular weight excluding hydrogens is 200 g/mol. The highest BCUT2D eigenvalue weighted by atomic mass is 16.5. The Hall–Kier alpha value is -1.45. The Morgan fingerprint density at radius 1 is 1.38 bits per heavy atom. The van der Waals surface area contributed by atoms with Crippen molar-refractivity contribution in [3.05, 3.63) is 42.2 Å². The van der Waals surface area contributed by atoms with E-state index >= 15 is 0 Å². The van der Waals surface area contributed by atoms with Crippen molar-refractivity contribution < 1.29 is 4.74 Å². The molecule has 1 aromatic carbocycles. The summed E-state index contributed by atoms with van der Waals surface area (Å²) < 4.78 is 5.35. The zero-order chi connectivity index (χ0) is 11.4. The van der Waals surface area contributed by atoms with E-state index in [1.807, 2.05) is 31.3 Å². The van der Waals surface area contributed by atoms with Gasteiger partial charge in [-0.3, -0.25) is 4.98 Å². The average molecular weight is 216 g/mol. The first-order valence-corrected chi connectivity index (χ1v) is 5.49. The molecule has 0 saturated heterocycles. The number of aromatic nitrogens is 1. The van der Waals surface area contributed by atoms with Crippen molar-refractivity contribution in [2.24, 2.45) is 5.73 Å². The molecule has 0 saturated carbocycles. The van der Waals surface area contributed by atoms with E-state index in [-0.39, 0.29) is 6.04 Å². The van der Waals surface area contributed by atoms with Crippen molar-refractivity contribution in [3.8, 4) is 0 Å². The van der Waals surface area contributed by atoms with Crippen molar-refractivity contribution in [3.63, 3.8) is 0 Å². The molecule has 16 heavy (non-hydrogen) atoms. The number of nitrogens with two attached hydrogens (primary N) is 1. The molecule has 0 radical (unpaired) electrons. The molecule has 0 aliphatic carbocycles. The van der Waals surface area contributed by atoms with Crippen molar-refractivity contribution in [2.45, 2.75) is 13.0 Å². The third kappa shape index (κ3) is 2.21. The molecule has 0 aliphatic rings. The molecule has 3 heteroatoms. The number of hydrogen-bond acceptors (Lipinski definition) is 3. The van der Waals surface area contributed by atoms with Crippen LogP contribution in [-0.4, -0.2) is 18.2 Å². The lowest BCUT2D eigenvalue weighted by Crippen LogP contribution is -2.17. The zero-order valence-electron chi connectivity index (χ0n) is 9.39. The molecule has 3 nitrogen and oxygen atoms in total. The Morgan fingerprint density at radius 3 is 3.06 bits per heavy atom. The highest BCUT2D eigenvalue weighted by Crippen LogP contribution is 2.22. The maximum atomic E-state index is 6.09. The second-order valence-corrected chi connectivity index (χ2v) is 3.71. The monoisotopic (exact) mass is 216 g/mol. The standard InChI is InChI=1S/C13H16N2O/c1-2-16-9-13(14)11-5-3-4-10-6-7-15-8-12(10)11/h3-8,13H,2,9,14H2,1H3. The van der Waals surface area contributed by atoms with Crippen molar-refractivity contribution >= 4 is 10.8 Å². The number of pyridine rings is 1. The first-order chi connectivity index (χ1) is 7.83. The fourth-order valence-electron chi connectivity index (χ4n) is 1.79. The fourth-order valence-corrected chi connectivity index (χ4v) is 1.79. The topological polar surface area (TPSA) is 48.1 Å². The van der Waals surface area contributed by atoms with Crippen LogP contribution in [0.2, 0.25) is 0 Å². The normalized spacial score (nSPS) is 12.9. The molecule has 84 valence electrons. The lowest BCUT2D eigenvalue weighted by atomic mass is 10.0. The second kappa shape index (κ2) is 5.05. The van der Waals surface area contributed by atoms with Gasteiger partial charge >= 0.3 is 0 Å². The largest absolute Gasteiger partial charge is 0.380 e. The minimum atomic E-state index is -0.0900. The van der Waals surface area contributed by atoms with Crippen LogP contribution < -0.4 is 5.73 Å². The molecule has 1 heterocycles. The van der Waals surface area contributed by atoms with Gasteiger partial charge in [-0.05, 0) is 23.9 Å². The molecule has 0 fully saturated rings. The van der Waals surface area contributed by atoms with Crippen LogP contribution in [-0.2, 0) is 4.74 Å². The summed E-state index contributed by atoms with van der Waals surface area (Å²) in [4.78, 5) is 4.14. The van der Waals surface area contributed by atoms with Gasteiger partial charge in [0, 0.05) is 24.4 Å². The van der Waals surface area contributed by atoms with Gasteiger partial charge in [-0.15, -0.1) is 0 Å². The molecule has 2 N–H and O–H groups in total. The minimum absolute atomic E-state index is 0.0900. The van der Waals surface area contributed by atoms with Gasteiger partial charge in [0.25, 0.3) is 0 Å². The average Bonchev–Trinajstić information content (AvgIpc) is 2.35. The maximum Gasteiger partial charge on any atom is 0.0659 e. The summed E-state index contributed by atoms with van der Waals surface area (Å²) in [5.41, 5.74) is 7.19. The molecule has 1 unspecified atom stereocenters. The van der Waals surface area contributed by atoms with E-state index in [1.54, 1.807) is 6.20 Å². The lowest BCUT2D eigenvalue weighted by molar-refractivity contribution is 0.134. The SMILES string of the molecule is CCOCC(N)c1cccc2ccncc12. The van der Waals surface area contributed by atoms with Gasteiger partial charge in [0.05, 0.1) is 12.6 Å². The van der Waals surface area contributed by atoms with E-state index in [4.69, 9.17) is 10.5 Å². The van der Waals surface area contributed by atoms with Crippen molar-refractivity contribution in [1.29, 1.82) is 0 Å². The zero-order valence-corrected chi connectivity index (χ0v) is 9.39. The smallest absolute Gasteiger partial charge is 0.0659 e. The minimum Gasteiger partial charge on any atom is -0.380 e. The van der Waals surface area contributed by atoms with Crippen LogP contribution in [0.4, 0.5) is 0 Å². The first-order valence-electron chi connectivity index (χ1n) is 5.49. The third-order valence-electron chi connectivity index (χ3n) is 2.62. The van der Waals surface area contributed by atoms with Gasteiger partial charge in [0.15, 0.2) is 0 Å². The second-order valence-electron chi connectivity index (χ2n) is 3.71. The van der Waals surface area contributed by atoms with Gasteiger partial charge in [-0.1, -0.05) is 18.2 Å². The molecule has 0 aliphatic heterocycles. The van der Waals surface area contributed by atoms with Crippen molar-refractivity contribution in [1.82, 2.24) is 4.98 Å². The van der Waals surface area contributed by atoms with Gasteiger partial charge in [0.1, 0.15) is 0 Å². The Labute approximate surface area is 95.2 Å². The van der Waals surface area contributed by atoms with E-state index < -0.39 is 0 Å². The lowest BCUT2D eigenvalue weighted by Gasteiger charge is -2.14. The Balaban J connectivity index is 2.36. The summed E-state index contributed by atoms with van der Waals surface area (Å²) in [6, 6.07) is 8.02. The molecule has 0 spiro atoms. The van der Waals surface area contributed by atoms with Crippen molar-refractivity contribution in [2.75, 3.05) is 13.2 Å². The summed E-state index contributed by atoms with van der Waals surface area (Å²) >= 11 is 0. The number of fused-ring (bicyclic) bond motifs is 1. The third-order valence-corrected chi connectivity index (χ3v) is 2.62. The molecule has 2 rings (SSSR count). The van der Waals surface area contributed by atoms with E-state index in [0.717, 1.165) is 10.9 Å². The van der Waals surface area contributed by atoms with E-state index in [1.165, 1.54) is 5.39 Å². The molecule has 0 amide bonds. The summed E-state index contributed by atoms with van der Waals surface area (Å²) in [5.74, 6) is 0. The number of hydrogen-bond donors (Lipinski definition) is 1. The van der Waals surface area contributed by atoms with Crippen LogP contribution in [0.3, 0.4) is 0 Å². The van der Waals surface area contributed by atoms with Gasteiger partial charge in [-0.25, -0.2) is 0 Å². The predicted molar refractivity (Wildman–Crippen MR) is 65.2 cm³/mol. The molecule has 1 atom stereocenters. The maximum absolute atomic E-state index is 6.09. The van der Waals surface area contributed by atoms with E-state index in [0.29, 0.717) is 13.2 Å². The quantitative estimate of drug-likeness (QED) is 0.852. The summed E-state index contributed by atoms with van der Waals surface area (Å²) in [6.45, 7) is 3.21. The van der Waals surface area contributed by atoms with E-state index in [2.05, 4.69) is 11.1 Å². The van der Waals surface area contributed by atoms with Crippen LogP contribution in [0, 0.1) is 0 Å². The predicted octanol–water partition coefficient (Wildman–Crippen LogP) is 2.27. The Kier molecular flexibility index (Phi) is 3.49. The summed E-state index contributed by atoms with van der Waals surface area (Å²) in [7, 11) is 0. The highest BCUT2D eigenvalue weighted by Gasteiger charge is 2.09. The fraction of sp³-hybridized carbons (Fsp3) is 0.308. The number of rotatable bonds is 4. The summed E-state index contributed by atoms with van der Waals surface area (Å²) in [6.07, 6.45) is 3.65. The van der Waals surface area contributed by atoms with Crippen LogP contribution in [0.15, 0.2) is 36.7 Å². The molecular formula is C13H16N2O. The van der Waals surface area contributed by atoms with Gasteiger partial charge in [0.2, 0.25) is 0 Å². The number of benzene rings is 1. The van der Waals surface area contributed by atoms with Crippen LogP contribution in [0.5, 0.6) is 0 Å². The van der Waals surface area contributed by atoms with E-state index in [9.17, 15) is 0 Å². The number of ether oxygens (including phenoxy) is 1. The Morgan fingerprint density at radius 2 is 2.25 bits per heavy atom. The van der Waals surface area contributed by atoms with Crippen LogP contribution >= 0.6 is 0 Å². The van der Waals surface area contributed by atoms with Crippen LogP contribution in [0.1, 0.15) is 18.5 Å². The number of nitrogens with zero attached hydrogens (tertiary/aromatic N) is 1. The van der Waals surface area contributed by atoms with Crippen LogP contribution in [0.25, 0.3) is 10.8 Å². The first kappa shape index (κ1) is 11.0. The molecule has 0 bridgehead atoms. The molecule has 1 aromatic heterocycles.